The molecule has 1 heterocycles. The molecule has 1 aliphatic heterocycles. The Hall–Kier alpha value is -3.44. The fourth-order valence-electron chi connectivity index (χ4n) is 3.76. The Morgan fingerprint density at radius 2 is 1.52 bits per heavy atom. The van der Waals surface area contributed by atoms with Crippen LogP contribution in [0.2, 0.25) is 0 Å². The van der Waals surface area contributed by atoms with Gasteiger partial charge in [0.1, 0.15) is 0 Å². The highest BCUT2D eigenvalue weighted by Crippen LogP contribution is 2.23. The molecule has 0 spiro atoms. The Bertz CT molecular complexity index is 1030. The summed E-state index contributed by atoms with van der Waals surface area (Å²) in [7, 11) is 0. The molecule has 0 saturated heterocycles. The first-order valence-corrected chi connectivity index (χ1v) is 9.67. The lowest BCUT2D eigenvalue weighted by Crippen LogP contribution is -2.30. The Morgan fingerprint density at radius 3 is 2.24 bits per heavy atom. The summed E-state index contributed by atoms with van der Waals surface area (Å²) in [6.07, 6.45) is 1.61. The zero-order valence-electron chi connectivity index (χ0n) is 16.0. The SMILES string of the molecule is O=C(NO)c1ccc2c(c1)CCCN(C(=O)c1ccc(-c3ccccc3)cc1)C2. The number of aryl methyl sites for hydroxylation is 1. The minimum absolute atomic E-state index is 0.00893. The largest absolute Gasteiger partial charge is 0.334 e. The number of hydrogen-bond donors (Lipinski definition) is 2. The maximum absolute atomic E-state index is 13.1. The highest BCUT2D eigenvalue weighted by atomic mass is 16.5. The van der Waals surface area contributed by atoms with Crippen LogP contribution >= 0.6 is 0 Å². The van der Waals surface area contributed by atoms with E-state index in [1.54, 1.807) is 17.6 Å². The number of hydrogen-bond acceptors (Lipinski definition) is 3. The average Bonchev–Trinajstić information content (AvgIpc) is 3.00. The summed E-state index contributed by atoms with van der Waals surface area (Å²) in [5, 5.41) is 8.83. The molecule has 0 saturated carbocycles. The van der Waals surface area contributed by atoms with Crippen LogP contribution in [0, 0.1) is 0 Å². The molecule has 0 bridgehead atoms. The monoisotopic (exact) mass is 386 g/mol. The number of rotatable bonds is 3. The molecule has 3 aromatic carbocycles. The lowest BCUT2D eigenvalue weighted by Gasteiger charge is -2.21. The highest BCUT2D eigenvalue weighted by molar-refractivity contribution is 5.95. The Kier molecular flexibility index (Phi) is 5.40. The summed E-state index contributed by atoms with van der Waals surface area (Å²) in [6.45, 7) is 1.17. The van der Waals surface area contributed by atoms with Gasteiger partial charge in [0.15, 0.2) is 0 Å². The van der Waals surface area contributed by atoms with Crippen LogP contribution in [-0.4, -0.2) is 28.5 Å². The lowest BCUT2D eigenvalue weighted by atomic mass is 10.0. The zero-order chi connectivity index (χ0) is 20.2. The smallest absolute Gasteiger partial charge is 0.274 e. The summed E-state index contributed by atoms with van der Waals surface area (Å²) in [5.41, 5.74) is 7.04. The number of fused-ring (bicyclic) bond motifs is 1. The first-order chi connectivity index (χ1) is 14.2. The molecule has 2 amide bonds. The summed E-state index contributed by atoms with van der Waals surface area (Å²) in [6, 6.07) is 23.1. The molecule has 146 valence electrons. The molecule has 0 radical (unpaired) electrons. The number of carbonyl (C=O) groups excluding carboxylic acids is 2. The molecule has 29 heavy (non-hydrogen) atoms. The fourth-order valence-corrected chi connectivity index (χ4v) is 3.76. The minimum atomic E-state index is -0.525. The van der Waals surface area contributed by atoms with Gasteiger partial charge in [-0.2, -0.15) is 0 Å². The van der Waals surface area contributed by atoms with Crippen LogP contribution in [0.15, 0.2) is 72.8 Å². The van der Waals surface area contributed by atoms with Crippen LogP contribution < -0.4 is 5.48 Å². The second-order valence-corrected chi connectivity index (χ2v) is 7.20. The Labute approximate surface area is 169 Å². The third-order valence-electron chi connectivity index (χ3n) is 5.33. The summed E-state index contributed by atoms with van der Waals surface area (Å²) in [5.74, 6) is -0.516. The van der Waals surface area contributed by atoms with E-state index < -0.39 is 5.91 Å². The van der Waals surface area contributed by atoms with Gasteiger partial charge in [0, 0.05) is 24.2 Å². The molecule has 1 aliphatic rings. The number of nitrogens with zero attached hydrogens (tertiary/aromatic N) is 1. The molecule has 5 nitrogen and oxygen atoms in total. The lowest BCUT2D eigenvalue weighted by molar-refractivity contribution is 0.0705. The molecule has 5 heteroatoms. The van der Waals surface area contributed by atoms with Crippen molar-refractivity contribution in [3.8, 4) is 11.1 Å². The summed E-state index contributed by atoms with van der Waals surface area (Å²) >= 11 is 0. The van der Waals surface area contributed by atoms with Crippen molar-refractivity contribution < 1.29 is 14.8 Å². The van der Waals surface area contributed by atoms with Crippen molar-refractivity contribution in [1.29, 1.82) is 0 Å². The molecular weight excluding hydrogens is 364 g/mol. The molecular formula is C24H22N2O3. The summed E-state index contributed by atoms with van der Waals surface area (Å²) in [4.78, 5) is 26.6. The van der Waals surface area contributed by atoms with Crippen LogP contribution in [0.3, 0.4) is 0 Å². The van der Waals surface area contributed by atoms with Crippen molar-refractivity contribution >= 4 is 11.8 Å². The van der Waals surface area contributed by atoms with Crippen LogP contribution in [0.25, 0.3) is 11.1 Å². The molecule has 0 aromatic heterocycles. The van der Waals surface area contributed by atoms with Gasteiger partial charge < -0.3 is 4.90 Å². The second kappa shape index (κ2) is 8.29. The van der Waals surface area contributed by atoms with E-state index in [1.165, 1.54) is 0 Å². The van der Waals surface area contributed by atoms with Crippen molar-refractivity contribution in [2.24, 2.45) is 0 Å². The van der Waals surface area contributed by atoms with E-state index in [1.807, 2.05) is 65.6 Å². The number of amides is 2. The average molecular weight is 386 g/mol. The molecule has 0 aliphatic carbocycles. The summed E-state index contributed by atoms with van der Waals surface area (Å²) < 4.78 is 0. The number of hydroxylamine groups is 1. The van der Waals surface area contributed by atoms with Crippen molar-refractivity contribution in [2.75, 3.05) is 6.54 Å². The van der Waals surface area contributed by atoms with E-state index in [0.29, 0.717) is 24.2 Å². The van der Waals surface area contributed by atoms with E-state index in [0.717, 1.165) is 35.1 Å². The van der Waals surface area contributed by atoms with Crippen molar-refractivity contribution in [3.63, 3.8) is 0 Å². The van der Waals surface area contributed by atoms with E-state index in [4.69, 9.17) is 5.21 Å². The Balaban J connectivity index is 1.53. The first kappa shape index (κ1) is 18.9. The van der Waals surface area contributed by atoms with Gasteiger partial charge in [-0.1, -0.05) is 48.5 Å². The molecule has 4 rings (SSSR count). The standard InChI is InChI=1S/C24H22N2O3/c27-23(25-29)21-12-13-22-16-26(14-4-7-20(22)15-21)24(28)19-10-8-18(9-11-19)17-5-2-1-3-6-17/h1-3,5-6,8-13,15,29H,4,7,14,16H2,(H,25,27). The van der Waals surface area contributed by atoms with Gasteiger partial charge in [-0.15, -0.1) is 0 Å². The first-order valence-electron chi connectivity index (χ1n) is 9.67. The highest BCUT2D eigenvalue weighted by Gasteiger charge is 2.21. The maximum atomic E-state index is 13.1. The minimum Gasteiger partial charge on any atom is -0.334 e. The van der Waals surface area contributed by atoms with Gasteiger partial charge in [0.05, 0.1) is 0 Å². The van der Waals surface area contributed by atoms with Crippen molar-refractivity contribution in [3.05, 3.63) is 95.1 Å². The number of nitrogens with one attached hydrogen (secondary N) is 1. The van der Waals surface area contributed by atoms with E-state index in [-0.39, 0.29) is 5.91 Å². The molecule has 3 aromatic rings. The van der Waals surface area contributed by atoms with Gasteiger partial charge >= 0.3 is 0 Å². The third kappa shape index (κ3) is 4.05. The molecule has 0 unspecified atom stereocenters. The fraction of sp³-hybridized carbons (Fsp3) is 0.167. The Morgan fingerprint density at radius 1 is 0.828 bits per heavy atom. The van der Waals surface area contributed by atoms with Gasteiger partial charge in [0.25, 0.3) is 11.8 Å². The van der Waals surface area contributed by atoms with Gasteiger partial charge in [-0.05, 0) is 59.4 Å². The van der Waals surface area contributed by atoms with E-state index in [9.17, 15) is 9.59 Å². The molecule has 2 N–H and O–H groups in total. The van der Waals surface area contributed by atoms with Crippen LogP contribution in [-0.2, 0) is 13.0 Å². The van der Waals surface area contributed by atoms with Crippen LogP contribution in [0.5, 0.6) is 0 Å². The molecule has 0 atom stereocenters. The second-order valence-electron chi connectivity index (χ2n) is 7.20. The normalized spacial score (nSPS) is 13.3. The third-order valence-corrected chi connectivity index (χ3v) is 5.33. The van der Waals surface area contributed by atoms with Crippen molar-refractivity contribution in [1.82, 2.24) is 10.4 Å². The van der Waals surface area contributed by atoms with Crippen molar-refractivity contribution in [2.45, 2.75) is 19.4 Å². The van der Waals surface area contributed by atoms with E-state index in [2.05, 4.69) is 0 Å². The predicted molar refractivity (Wildman–Crippen MR) is 111 cm³/mol. The van der Waals surface area contributed by atoms with E-state index >= 15 is 0 Å². The quantitative estimate of drug-likeness (QED) is 0.527. The maximum Gasteiger partial charge on any atom is 0.274 e. The number of benzene rings is 3. The predicted octanol–water partition coefficient (Wildman–Crippen LogP) is 4.06. The van der Waals surface area contributed by atoms with Crippen LogP contribution in [0.4, 0.5) is 0 Å². The zero-order valence-corrected chi connectivity index (χ0v) is 16.0. The van der Waals surface area contributed by atoms with Gasteiger partial charge in [0.2, 0.25) is 0 Å². The van der Waals surface area contributed by atoms with Gasteiger partial charge in [-0.3, -0.25) is 14.8 Å². The topological polar surface area (TPSA) is 69.6 Å². The number of carbonyl (C=O) groups is 2. The van der Waals surface area contributed by atoms with Crippen LogP contribution in [0.1, 0.15) is 38.3 Å². The van der Waals surface area contributed by atoms with Gasteiger partial charge in [-0.25, -0.2) is 5.48 Å². The molecule has 0 fully saturated rings.